The van der Waals surface area contributed by atoms with Crippen LogP contribution < -0.4 is 5.32 Å². The Labute approximate surface area is 91.1 Å². The molecule has 0 aromatic carbocycles. The van der Waals surface area contributed by atoms with Crippen LogP contribution >= 0.6 is 0 Å². The fraction of sp³-hybridized carbons (Fsp3) is 0.818. The van der Waals surface area contributed by atoms with E-state index >= 15 is 0 Å². The van der Waals surface area contributed by atoms with Crippen LogP contribution in [-0.4, -0.2) is 28.6 Å². The van der Waals surface area contributed by atoms with Crippen molar-refractivity contribution in [3.8, 4) is 0 Å². The van der Waals surface area contributed by atoms with E-state index in [0.29, 0.717) is 12.0 Å². The Morgan fingerprint density at radius 2 is 2.33 bits per heavy atom. The van der Waals surface area contributed by atoms with Crippen LogP contribution in [-0.2, 0) is 6.42 Å². The van der Waals surface area contributed by atoms with Gasteiger partial charge in [0, 0.05) is 18.5 Å². The lowest BCUT2D eigenvalue weighted by Gasteiger charge is -2.24. The van der Waals surface area contributed by atoms with E-state index in [1.807, 2.05) is 7.05 Å². The highest BCUT2D eigenvalue weighted by Gasteiger charge is 2.26. The van der Waals surface area contributed by atoms with E-state index in [9.17, 15) is 0 Å². The van der Waals surface area contributed by atoms with Crippen LogP contribution in [0.5, 0.6) is 0 Å². The number of nitrogens with one attached hydrogen (secondary N) is 1. The molecule has 4 nitrogen and oxygen atoms in total. The maximum absolute atomic E-state index is 4.30. The van der Waals surface area contributed by atoms with Crippen molar-refractivity contribution in [2.45, 2.75) is 45.1 Å². The first-order valence-corrected chi connectivity index (χ1v) is 5.82. The lowest BCUT2D eigenvalue weighted by atomic mass is 9.89. The number of rotatable bonds is 3. The summed E-state index contributed by atoms with van der Waals surface area (Å²) in [5, 5.41) is 11.8. The Morgan fingerprint density at radius 1 is 1.53 bits per heavy atom. The summed E-state index contributed by atoms with van der Waals surface area (Å²) in [6.45, 7) is 5.37. The second-order valence-electron chi connectivity index (χ2n) is 4.61. The van der Waals surface area contributed by atoms with E-state index < -0.39 is 0 Å². The predicted octanol–water partition coefficient (Wildman–Crippen LogP) is 1.50. The third-order valence-corrected chi connectivity index (χ3v) is 3.10. The van der Waals surface area contributed by atoms with Crippen molar-refractivity contribution in [2.75, 3.05) is 13.6 Å². The third kappa shape index (κ3) is 1.91. The number of hydrogen-bond donors (Lipinski definition) is 1. The zero-order valence-corrected chi connectivity index (χ0v) is 9.82. The summed E-state index contributed by atoms with van der Waals surface area (Å²) >= 11 is 0. The smallest absolute Gasteiger partial charge is 0.0862 e. The van der Waals surface area contributed by atoms with Crippen LogP contribution in [0, 0.1) is 0 Å². The molecule has 0 amide bonds. The molecular formula is C11H20N4. The number of aromatic nitrogens is 3. The molecule has 1 aromatic heterocycles. The van der Waals surface area contributed by atoms with Crippen LogP contribution in [0.15, 0.2) is 0 Å². The van der Waals surface area contributed by atoms with E-state index in [-0.39, 0.29) is 0 Å². The lowest BCUT2D eigenvalue weighted by Crippen LogP contribution is -2.24. The fourth-order valence-electron chi connectivity index (χ4n) is 2.41. The highest BCUT2D eigenvalue weighted by Crippen LogP contribution is 2.31. The van der Waals surface area contributed by atoms with Gasteiger partial charge in [0.05, 0.1) is 11.4 Å². The van der Waals surface area contributed by atoms with Gasteiger partial charge in [-0.3, -0.25) is 0 Å². The van der Waals surface area contributed by atoms with Gasteiger partial charge in [0.15, 0.2) is 0 Å². The standard InChI is InChI=1S/C11H20N4/c1-8(2)15-11-9(7-12-3)5-4-6-10(11)13-14-15/h8-9,12H,4-7H2,1-3H3. The lowest BCUT2D eigenvalue weighted by molar-refractivity contribution is 0.441. The second kappa shape index (κ2) is 4.31. The summed E-state index contributed by atoms with van der Waals surface area (Å²) in [5.74, 6) is 0.594. The molecule has 15 heavy (non-hydrogen) atoms. The largest absolute Gasteiger partial charge is 0.319 e. The van der Waals surface area contributed by atoms with Gasteiger partial charge in [0.2, 0.25) is 0 Å². The van der Waals surface area contributed by atoms with Gasteiger partial charge >= 0.3 is 0 Å². The van der Waals surface area contributed by atoms with Crippen molar-refractivity contribution < 1.29 is 0 Å². The molecule has 1 aliphatic carbocycles. The number of aryl methyl sites for hydroxylation is 1. The summed E-state index contributed by atoms with van der Waals surface area (Å²) in [6, 6.07) is 0.415. The molecular weight excluding hydrogens is 188 g/mol. The Bertz CT molecular complexity index is 329. The molecule has 0 fully saturated rings. The van der Waals surface area contributed by atoms with Crippen molar-refractivity contribution in [1.82, 2.24) is 20.3 Å². The van der Waals surface area contributed by atoms with Crippen molar-refractivity contribution in [1.29, 1.82) is 0 Å². The van der Waals surface area contributed by atoms with Crippen LogP contribution in [0.3, 0.4) is 0 Å². The van der Waals surface area contributed by atoms with Gasteiger partial charge in [-0.1, -0.05) is 5.21 Å². The molecule has 1 unspecified atom stereocenters. The maximum atomic E-state index is 4.30. The molecule has 0 radical (unpaired) electrons. The highest BCUT2D eigenvalue weighted by molar-refractivity contribution is 5.20. The van der Waals surface area contributed by atoms with Gasteiger partial charge < -0.3 is 5.32 Å². The SMILES string of the molecule is CNCC1CCCc2nnn(C(C)C)c21. The number of nitrogens with zero attached hydrogens (tertiary/aromatic N) is 3. The average molecular weight is 208 g/mol. The molecule has 0 saturated carbocycles. The summed E-state index contributed by atoms with van der Waals surface area (Å²) < 4.78 is 2.09. The molecule has 1 heterocycles. The number of fused-ring (bicyclic) bond motifs is 1. The normalized spacial score (nSPS) is 20.7. The molecule has 0 saturated heterocycles. The molecule has 0 spiro atoms. The van der Waals surface area contributed by atoms with Gasteiger partial charge in [-0.25, -0.2) is 4.68 Å². The van der Waals surface area contributed by atoms with Gasteiger partial charge in [-0.2, -0.15) is 0 Å². The molecule has 1 aliphatic rings. The Morgan fingerprint density at radius 3 is 3.00 bits per heavy atom. The van der Waals surface area contributed by atoms with Crippen LogP contribution in [0.4, 0.5) is 0 Å². The quantitative estimate of drug-likeness (QED) is 0.818. The predicted molar refractivity (Wildman–Crippen MR) is 60.0 cm³/mol. The van der Waals surface area contributed by atoms with E-state index in [4.69, 9.17) is 0 Å². The summed E-state index contributed by atoms with van der Waals surface area (Å²) in [5.41, 5.74) is 2.58. The van der Waals surface area contributed by atoms with E-state index in [1.54, 1.807) is 0 Å². The van der Waals surface area contributed by atoms with Gasteiger partial charge in [0.1, 0.15) is 0 Å². The molecule has 1 N–H and O–H groups in total. The minimum Gasteiger partial charge on any atom is -0.319 e. The molecule has 1 atom stereocenters. The van der Waals surface area contributed by atoms with Crippen molar-refractivity contribution in [2.24, 2.45) is 0 Å². The minimum atomic E-state index is 0.415. The first-order chi connectivity index (χ1) is 7.24. The van der Waals surface area contributed by atoms with Crippen LogP contribution in [0.2, 0.25) is 0 Å². The zero-order valence-electron chi connectivity index (χ0n) is 9.82. The van der Waals surface area contributed by atoms with Crippen molar-refractivity contribution in [3.63, 3.8) is 0 Å². The molecule has 0 bridgehead atoms. The Hall–Kier alpha value is -0.900. The Kier molecular flexibility index (Phi) is 3.05. The average Bonchev–Trinajstić information content (AvgIpc) is 2.62. The minimum absolute atomic E-state index is 0.415. The molecule has 0 aliphatic heterocycles. The zero-order chi connectivity index (χ0) is 10.8. The van der Waals surface area contributed by atoms with Crippen LogP contribution in [0.25, 0.3) is 0 Å². The molecule has 84 valence electrons. The van der Waals surface area contributed by atoms with Gasteiger partial charge in [0.25, 0.3) is 0 Å². The van der Waals surface area contributed by atoms with Crippen molar-refractivity contribution in [3.05, 3.63) is 11.4 Å². The molecule has 1 aromatic rings. The fourth-order valence-corrected chi connectivity index (χ4v) is 2.41. The molecule has 4 heteroatoms. The monoisotopic (exact) mass is 208 g/mol. The first-order valence-electron chi connectivity index (χ1n) is 5.82. The highest BCUT2D eigenvalue weighted by atomic mass is 15.4. The topological polar surface area (TPSA) is 42.7 Å². The first kappa shape index (κ1) is 10.6. The van der Waals surface area contributed by atoms with E-state index in [0.717, 1.165) is 13.0 Å². The van der Waals surface area contributed by atoms with Crippen LogP contribution in [0.1, 0.15) is 50.0 Å². The number of likely N-dealkylation sites (N-methyl/N-ethyl adjacent to an activating group) is 1. The van der Waals surface area contributed by atoms with Gasteiger partial charge in [-0.15, -0.1) is 5.10 Å². The van der Waals surface area contributed by atoms with E-state index in [1.165, 1.54) is 24.2 Å². The van der Waals surface area contributed by atoms with Crippen molar-refractivity contribution >= 4 is 0 Å². The maximum Gasteiger partial charge on any atom is 0.0862 e. The molecule has 2 rings (SSSR count). The number of hydrogen-bond acceptors (Lipinski definition) is 3. The summed E-state index contributed by atoms with van der Waals surface area (Å²) in [4.78, 5) is 0. The summed E-state index contributed by atoms with van der Waals surface area (Å²) in [6.07, 6.45) is 3.60. The third-order valence-electron chi connectivity index (χ3n) is 3.10. The summed E-state index contributed by atoms with van der Waals surface area (Å²) in [7, 11) is 2.01. The van der Waals surface area contributed by atoms with Gasteiger partial charge in [-0.05, 0) is 40.2 Å². The Balaban J connectivity index is 2.34. The van der Waals surface area contributed by atoms with E-state index in [2.05, 4.69) is 34.2 Å². The second-order valence-corrected chi connectivity index (χ2v) is 4.61.